The first-order chi connectivity index (χ1) is 15.9. The molecule has 2 aliphatic rings. The molecule has 5 rings (SSSR count). The summed E-state index contributed by atoms with van der Waals surface area (Å²) in [6, 6.07) is 11.6. The van der Waals surface area contributed by atoms with Gasteiger partial charge in [0.25, 0.3) is 0 Å². The van der Waals surface area contributed by atoms with Crippen LogP contribution in [0.5, 0.6) is 0 Å². The maximum absolute atomic E-state index is 14.9. The van der Waals surface area contributed by atoms with Crippen LogP contribution in [0.3, 0.4) is 0 Å². The van der Waals surface area contributed by atoms with Crippen LogP contribution in [0.15, 0.2) is 45.6 Å². The maximum atomic E-state index is 14.9. The number of fused-ring (bicyclic) bond motifs is 3. The van der Waals surface area contributed by atoms with Gasteiger partial charge in [0, 0.05) is 19.5 Å². The lowest BCUT2D eigenvalue weighted by molar-refractivity contribution is -0.127. The van der Waals surface area contributed by atoms with E-state index in [4.69, 9.17) is 4.42 Å². The van der Waals surface area contributed by atoms with E-state index in [0.717, 1.165) is 24.8 Å². The number of amides is 1. The number of nitriles is 1. The second-order valence-corrected chi connectivity index (χ2v) is 9.15. The molecule has 1 N–H and O–H groups in total. The fourth-order valence-electron chi connectivity index (χ4n) is 5.41. The van der Waals surface area contributed by atoms with Crippen molar-refractivity contribution in [1.82, 2.24) is 14.8 Å². The number of piperidine rings is 1. The van der Waals surface area contributed by atoms with E-state index in [1.807, 2.05) is 7.05 Å². The minimum Gasteiger partial charge on any atom is -0.408 e. The van der Waals surface area contributed by atoms with Gasteiger partial charge in [0.1, 0.15) is 11.9 Å². The summed E-state index contributed by atoms with van der Waals surface area (Å²) in [6.07, 6.45) is 3.28. The lowest BCUT2D eigenvalue weighted by Gasteiger charge is -2.31. The number of carbonyl (C=O) groups is 1. The van der Waals surface area contributed by atoms with Crippen molar-refractivity contribution in [3.05, 3.63) is 58.3 Å². The van der Waals surface area contributed by atoms with Gasteiger partial charge in [-0.15, -0.1) is 0 Å². The van der Waals surface area contributed by atoms with Crippen molar-refractivity contribution in [2.24, 2.45) is 13.0 Å². The lowest BCUT2D eigenvalue weighted by atomic mass is 9.97. The summed E-state index contributed by atoms with van der Waals surface area (Å²) in [6.45, 7) is 0. The summed E-state index contributed by atoms with van der Waals surface area (Å²) in [5.74, 6) is -0.708. The van der Waals surface area contributed by atoms with Crippen molar-refractivity contribution >= 4 is 17.0 Å². The highest BCUT2D eigenvalue weighted by Gasteiger charge is 2.47. The van der Waals surface area contributed by atoms with Gasteiger partial charge in [-0.05, 0) is 67.1 Å². The molecular formula is C25H25FN4O3. The van der Waals surface area contributed by atoms with Crippen LogP contribution in [0, 0.1) is 23.1 Å². The molecule has 1 saturated heterocycles. The Morgan fingerprint density at radius 2 is 2.00 bits per heavy atom. The van der Waals surface area contributed by atoms with E-state index in [2.05, 4.69) is 16.3 Å². The molecule has 8 heteroatoms. The molecule has 33 heavy (non-hydrogen) atoms. The summed E-state index contributed by atoms with van der Waals surface area (Å²) in [4.78, 5) is 26.7. The molecule has 1 aliphatic carbocycles. The Labute approximate surface area is 190 Å². The molecule has 2 fully saturated rings. The van der Waals surface area contributed by atoms with Crippen LogP contribution in [0.25, 0.3) is 22.2 Å². The van der Waals surface area contributed by atoms with Gasteiger partial charge >= 0.3 is 5.76 Å². The van der Waals surface area contributed by atoms with E-state index < -0.39 is 17.6 Å². The van der Waals surface area contributed by atoms with Gasteiger partial charge in [-0.25, -0.2) is 9.18 Å². The Hall–Kier alpha value is -3.44. The van der Waals surface area contributed by atoms with Crippen molar-refractivity contribution in [2.45, 2.75) is 43.8 Å². The minimum atomic E-state index is -0.804. The molecular weight excluding hydrogens is 423 g/mol. The van der Waals surface area contributed by atoms with Crippen LogP contribution in [0.2, 0.25) is 0 Å². The van der Waals surface area contributed by atoms with E-state index in [1.165, 1.54) is 10.6 Å². The Morgan fingerprint density at radius 3 is 2.70 bits per heavy atom. The largest absolute Gasteiger partial charge is 0.419 e. The van der Waals surface area contributed by atoms with Crippen molar-refractivity contribution in [3.8, 4) is 17.2 Å². The quantitative estimate of drug-likeness (QED) is 0.648. The normalized spacial score (nSPS) is 23.0. The van der Waals surface area contributed by atoms with Gasteiger partial charge in [-0.1, -0.05) is 18.2 Å². The van der Waals surface area contributed by atoms with E-state index in [-0.39, 0.29) is 18.4 Å². The third-order valence-corrected chi connectivity index (χ3v) is 7.25. The van der Waals surface area contributed by atoms with Crippen LogP contribution in [0.1, 0.15) is 24.8 Å². The Morgan fingerprint density at radius 1 is 1.24 bits per heavy atom. The number of nitrogens with one attached hydrogen (secondary N) is 1. The molecule has 0 radical (unpaired) electrons. The molecule has 4 atom stereocenters. The second kappa shape index (κ2) is 8.16. The van der Waals surface area contributed by atoms with Crippen LogP contribution in [-0.2, 0) is 18.3 Å². The van der Waals surface area contributed by atoms with Crippen LogP contribution in [0.4, 0.5) is 4.39 Å². The molecule has 3 aromatic rings. The number of hydrogen-bond donors (Lipinski definition) is 1. The van der Waals surface area contributed by atoms with Crippen molar-refractivity contribution in [3.63, 3.8) is 0 Å². The number of nitrogens with zero attached hydrogens (tertiary/aromatic N) is 3. The molecule has 1 aliphatic heterocycles. The highest BCUT2D eigenvalue weighted by molar-refractivity contribution is 5.83. The van der Waals surface area contributed by atoms with E-state index in [0.29, 0.717) is 34.2 Å². The summed E-state index contributed by atoms with van der Waals surface area (Å²) in [7, 11) is 3.58. The molecule has 4 unspecified atom stereocenters. The van der Waals surface area contributed by atoms with Crippen LogP contribution < -0.4 is 11.1 Å². The third kappa shape index (κ3) is 3.72. The molecule has 7 nitrogen and oxygen atoms in total. The minimum absolute atomic E-state index is 0.0914. The number of oxazole rings is 1. The molecule has 2 heterocycles. The number of hydrogen-bond acceptors (Lipinski definition) is 5. The zero-order valence-corrected chi connectivity index (χ0v) is 18.5. The van der Waals surface area contributed by atoms with Gasteiger partial charge in [0.05, 0.1) is 17.6 Å². The lowest BCUT2D eigenvalue weighted by Crippen LogP contribution is -2.51. The fraction of sp³-hybridized carbons (Fsp3) is 0.400. The van der Waals surface area contributed by atoms with Crippen molar-refractivity contribution in [1.29, 1.82) is 5.26 Å². The predicted molar refractivity (Wildman–Crippen MR) is 121 cm³/mol. The number of likely N-dealkylation sites (N-methyl/N-ethyl adjacent to an activating group) is 1. The number of aromatic nitrogens is 1. The van der Waals surface area contributed by atoms with Crippen molar-refractivity contribution in [2.75, 3.05) is 7.05 Å². The maximum Gasteiger partial charge on any atom is 0.419 e. The molecule has 1 amide bonds. The third-order valence-electron chi connectivity index (χ3n) is 7.25. The molecule has 2 aromatic carbocycles. The van der Waals surface area contributed by atoms with E-state index in [9.17, 15) is 19.2 Å². The van der Waals surface area contributed by atoms with Gasteiger partial charge < -0.3 is 9.73 Å². The number of halogens is 1. The van der Waals surface area contributed by atoms with Gasteiger partial charge in [-0.2, -0.15) is 5.26 Å². The summed E-state index contributed by atoms with van der Waals surface area (Å²) in [5, 5.41) is 12.4. The first kappa shape index (κ1) is 21.4. The summed E-state index contributed by atoms with van der Waals surface area (Å²) < 4.78 is 21.5. The predicted octanol–water partition coefficient (Wildman–Crippen LogP) is 2.97. The standard InChI is InChI=1S/C25H25FN4O3/c1-29-19-7-5-17(10-19)23(29)24(31)28-18(13-27)9-16-4-3-14(11-20(16)26)15-6-8-22-21(12-15)30(2)25(32)33-22/h3-4,6,8,11-12,17-19,23H,5,7,9-10H2,1-2H3,(H,28,31). The number of carbonyl (C=O) groups excluding carboxylic acids is 1. The molecule has 1 saturated carbocycles. The molecule has 170 valence electrons. The summed E-state index contributed by atoms with van der Waals surface area (Å²) >= 11 is 0. The number of likely N-dealkylation sites (tertiary alicyclic amines) is 1. The smallest absolute Gasteiger partial charge is 0.408 e. The summed E-state index contributed by atoms with van der Waals surface area (Å²) in [5.41, 5.74) is 2.85. The van der Waals surface area contributed by atoms with E-state index in [1.54, 1.807) is 37.4 Å². The average Bonchev–Trinajstić information content (AvgIpc) is 3.48. The Bertz CT molecular complexity index is 1340. The monoisotopic (exact) mass is 448 g/mol. The zero-order chi connectivity index (χ0) is 23.3. The van der Waals surface area contributed by atoms with Gasteiger partial charge in [-0.3, -0.25) is 14.3 Å². The molecule has 0 spiro atoms. The van der Waals surface area contributed by atoms with Gasteiger partial charge in [0.2, 0.25) is 5.91 Å². The van der Waals surface area contributed by atoms with Gasteiger partial charge in [0.15, 0.2) is 5.58 Å². The highest BCUT2D eigenvalue weighted by Crippen LogP contribution is 2.41. The van der Waals surface area contributed by atoms with Crippen LogP contribution >= 0.6 is 0 Å². The van der Waals surface area contributed by atoms with Crippen LogP contribution in [-0.4, -0.2) is 40.5 Å². The fourth-order valence-corrected chi connectivity index (χ4v) is 5.41. The SMILES string of the molecule is CN1C2CCC(C2)C1C(=O)NC(C#N)Cc1ccc(-c2ccc3oc(=O)n(C)c3c2)cc1F. The number of rotatable bonds is 5. The number of aryl methyl sites for hydroxylation is 1. The first-order valence-electron chi connectivity index (χ1n) is 11.2. The Kier molecular flexibility index (Phi) is 5.29. The molecule has 1 aromatic heterocycles. The average molecular weight is 448 g/mol. The highest BCUT2D eigenvalue weighted by atomic mass is 19.1. The van der Waals surface area contributed by atoms with Crippen molar-refractivity contribution < 1.29 is 13.6 Å². The Balaban J connectivity index is 1.32. The zero-order valence-electron chi connectivity index (χ0n) is 18.5. The topological polar surface area (TPSA) is 91.3 Å². The second-order valence-electron chi connectivity index (χ2n) is 9.15. The molecule has 2 bridgehead atoms. The van der Waals surface area contributed by atoms with E-state index >= 15 is 0 Å². The first-order valence-corrected chi connectivity index (χ1v) is 11.2. The number of benzene rings is 2.